The Bertz CT molecular complexity index is 1110. The lowest BCUT2D eigenvalue weighted by atomic mass is 10.0. The Morgan fingerprint density at radius 2 is 1.16 bits per heavy atom. The Kier molecular flexibility index (Phi) is 4.86. The zero-order chi connectivity index (χ0) is 21.7. The summed E-state index contributed by atoms with van der Waals surface area (Å²) < 4.78 is 0. The van der Waals surface area contributed by atoms with Gasteiger partial charge in [0.05, 0.1) is 33.1 Å². The van der Waals surface area contributed by atoms with Gasteiger partial charge in [-0.3, -0.25) is 19.6 Å². The van der Waals surface area contributed by atoms with Crippen LogP contribution in [0, 0.1) is 0 Å². The van der Waals surface area contributed by atoms with Crippen molar-refractivity contribution in [3.63, 3.8) is 0 Å². The van der Waals surface area contributed by atoms with E-state index in [1.54, 1.807) is 0 Å². The summed E-state index contributed by atoms with van der Waals surface area (Å²) in [6, 6.07) is 1.12. The molecule has 7 nitrogen and oxygen atoms in total. The number of allylic oxidation sites excluding steroid dienone is 6. The SMILES string of the molecule is O=C(c1cc(C(=O)C2N=C3C=CC=CC3S2)c(O)c(O)c1O)C1N=C2C=CC=CC2S1. The van der Waals surface area contributed by atoms with Gasteiger partial charge in [-0.15, -0.1) is 23.5 Å². The quantitative estimate of drug-likeness (QED) is 0.474. The molecule has 0 amide bonds. The smallest absolute Gasteiger partial charge is 0.201 e. The predicted octanol–water partition coefficient (Wildman–Crippen LogP) is 3.19. The highest BCUT2D eigenvalue weighted by atomic mass is 32.2. The molecule has 156 valence electrons. The normalized spacial score (nSPS) is 27.6. The van der Waals surface area contributed by atoms with Crippen molar-refractivity contribution < 1.29 is 24.9 Å². The van der Waals surface area contributed by atoms with Gasteiger partial charge in [0.15, 0.2) is 22.2 Å². The van der Waals surface area contributed by atoms with Crippen molar-refractivity contribution in [3.05, 3.63) is 65.8 Å². The number of thioether (sulfide) groups is 2. The number of hydrogen-bond donors (Lipinski definition) is 3. The molecule has 4 atom stereocenters. The molecule has 1 aromatic rings. The van der Waals surface area contributed by atoms with E-state index in [0.29, 0.717) is 0 Å². The second kappa shape index (κ2) is 7.58. The average Bonchev–Trinajstić information content (AvgIpc) is 3.41. The van der Waals surface area contributed by atoms with Crippen molar-refractivity contribution in [3.8, 4) is 17.2 Å². The van der Waals surface area contributed by atoms with Crippen LogP contribution in [0.3, 0.4) is 0 Å². The third kappa shape index (κ3) is 3.34. The van der Waals surface area contributed by atoms with Gasteiger partial charge in [0.2, 0.25) is 17.3 Å². The molecule has 9 heteroatoms. The topological polar surface area (TPSA) is 120 Å². The lowest BCUT2D eigenvalue weighted by Gasteiger charge is -2.15. The fourth-order valence-electron chi connectivity index (χ4n) is 3.63. The number of rotatable bonds is 4. The van der Waals surface area contributed by atoms with Gasteiger partial charge in [0.1, 0.15) is 0 Å². The fraction of sp³-hybridized carbons (Fsp3) is 0.182. The Morgan fingerprint density at radius 1 is 0.710 bits per heavy atom. The largest absolute Gasteiger partial charge is 0.504 e. The monoisotopic (exact) mass is 452 g/mol. The number of aliphatic imine (C=N–C) groups is 2. The summed E-state index contributed by atoms with van der Waals surface area (Å²) in [6.07, 6.45) is 14.8. The minimum Gasteiger partial charge on any atom is -0.504 e. The lowest BCUT2D eigenvalue weighted by Crippen LogP contribution is -2.18. The highest BCUT2D eigenvalue weighted by Crippen LogP contribution is 2.44. The number of carbonyl (C=O) groups is 2. The van der Waals surface area contributed by atoms with E-state index in [1.807, 2.05) is 48.6 Å². The van der Waals surface area contributed by atoms with Gasteiger partial charge in [-0.05, 0) is 18.2 Å². The van der Waals surface area contributed by atoms with Gasteiger partial charge in [-0.1, -0.05) is 36.5 Å². The van der Waals surface area contributed by atoms with E-state index >= 15 is 0 Å². The molecule has 4 aliphatic rings. The van der Waals surface area contributed by atoms with Crippen molar-refractivity contribution >= 4 is 46.5 Å². The van der Waals surface area contributed by atoms with Gasteiger partial charge < -0.3 is 15.3 Å². The molecule has 5 rings (SSSR count). The first-order valence-corrected chi connectivity index (χ1v) is 11.3. The van der Waals surface area contributed by atoms with Crippen molar-refractivity contribution in [2.75, 3.05) is 0 Å². The number of carbonyl (C=O) groups excluding carboxylic acids is 2. The number of aromatic hydroxyl groups is 3. The van der Waals surface area contributed by atoms with Crippen molar-refractivity contribution in [2.24, 2.45) is 9.98 Å². The molecule has 0 radical (unpaired) electrons. The number of nitrogens with zero attached hydrogens (tertiary/aromatic N) is 2. The molecule has 3 N–H and O–H groups in total. The number of ketones is 2. The van der Waals surface area contributed by atoms with Crippen LogP contribution in [0.15, 0.2) is 64.7 Å². The van der Waals surface area contributed by atoms with Crippen LogP contribution >= 0.6 is 23.5 Å². The van der Waals surface area contributed by atoms with E-state index < -0.39 is 39.6 Å². The first-order valence-electron chi connectivity index (χ1n) is 9.46. The molecular formula is C22H16N2O5S2. The van der Waals surface area contributed by atoms with Gasteiger partial charge in [-0.2, -0.15) is 0 Å². The van der Waals surface area contributed by atoms with Crippen LogP contribution in [0.5, 0.6) is 17.2 Å². The first kappa shape index (κ1) is 19.9. The third-order valence-corrected chi connectivity index (χ3v) is 7.76. The minimum absolute atomic E-state index is 0.0666. The number of Topliss-reactive ketones (excluding diaryl/α,β-unsaturated/α-hetero) is 2. The summed E-state index contributed by atoms with van der Waals surface area (Å²) in [4.78, 5) is 35.0. The van der Waals surface area contributed by atoms with E-state index in [1.165, 1.54) is 23.5 Å². The van der Waals surface area contributed by atoms with Crippen molar-refractivity contribution in [1.82, 2.24) is 0 Å². The zero-order valence-electron chi connectivity index (χ0n) is 15.9. The van der Waals surface area contributed by atoms with Crippen LogP contribution in [0.25, 0.3) is 0 Å². The lowest BCUT2D eigenvalue weighted by molar-refractivity contribution is 0.0988. The maximum Gasteiger partial charge on any atom is 0.201 e. The zero-order valence-corrected chi connectivity index (χ0v) is 17.5. The second-order valence-electron chi connectivity index (χ2n) is 7.16. The second-order valence-corrected chi connectivity index (χ2v) is 9.61. The van der Waals surface area contributed by atoms with E-state index in [4.69, 9.17) is 0 Å². The van der Waals surface area contributed by atoms with Gasteiger partial charge >= 0.3 is 0 Å². The molecule has 0 spiro atoms. The Labute approximate surface area is 185 Å². The molecule has 0 fully saturated rings. The maximum absolute atomic E-state index is 13.1. The van der Waals surface area contributed by atoms with Crippen LogP contribution in [-0.4, -0.2) is 59.6 Å². The Morgan fingerprint density at radius 3 is 1.58 bits per heavy atom. The minimum atomic E-state index is -0.907. The Hall–Kier alpha value is -3.04. The molecule has 1 aromatic carbocycles. The average molecular weight is 453 g/mol. The number of phenols is 3. The predicted molar refractivity (Wildman–Crippen MR) is 122 cm³/mol. The third-order valence-electron chi connectivity index (χ3n) is 5.22. The molecule has 4 unspecified atom stereocenters. The fourth-order valence-corrected chi connectivity index (χ4v) is 5.97. The van der Waals surface area contributed by atoms with E-state index in [9.17, 15) is 24.9 Å². The summed E-state index contributed by atoms with van der Waals surface area (Å²) in [7, 11) is 0. The molecule has 0 bridgehead atoms. The highest BCUT2D eigenvalue weighted by Gasteiger charge is 2.37. The van der Waals surface area contributed by atoms with Crippen LogP contribution in [0.1, 0.15) is 20.7 Å². The maximum atomic E-state index is 13.1. The Balaban J connectivity index is 1.48. The summed E-state index contributed by atoms with van der Waals surface area (Å²) >= 11 is 2.59. The van der Waals surface area contributed by atoms with Crippen LogP contribution in [-0.2, 0) is 0 Å². The molecule has 2 aliphatic heterocycles. The molecule has 0 saturated heterocycles. The van der Waals surface area contributed by atoms with Crippen LogP contribution < -0.4 is 0 Å². The molecule has 0 saturated carbocycles. The van der Waals surface area contributed by atoms with E-state index in [2.05, 4.69) is 9.98 Å². The molecular weight excluding hydrogens is 436 g/mol. The van der Waals surface area contributed by atoms with Gasteiger partial charge in [0, 0.05) is 0 Å². The standard InChI is InChI=1S/C22H16N2O5S2/c25-16-10(18(27)21-23-12-5-1-3-7-14(12)30-21)9-11(17(26)20(16)29)19(28)22-24-13-6-2-4-8-15(13)31-22/h1-9,14-15,21-22,25-26,29H. The summed E-state index contributed by atoms with van der Waals surface area (Å²) in [5.41, 5.74) is 0.956. The molecule has 0 aromatic heterocycles. The number of phenolic OH excluding ortho intramolecular Hbond substituents is 3. The number of benzene rings is 1. The van der Waals surface area contributed by atoms with Gasteiger partial charge in [0.25, 0.3) is 0 Å². The summed E-state index contributed by atoms with van der Waals surface area (Å²) in [5, 5.41) is 29.1. The van der Waals surface area contributed by atoms with E-state index in [0.717, 1.165) is 17.5 Å². The van der Waals surface area contributed by atoms with Crippen molar-refractivity contribution in [1.29, 1.82) is 0 Å². The van der Waals surface area contributed by atoms with E-state index in [-0.39, 0.29) is 21.6 Å². The molecule has 2 aliphatic carbocycles. The van der Waals surface area contributed by atoms with Crippen molar-refractivity contribution in [2.45, 2.75) is 21.2 Å². The summed E-state index contributed by atoms with van der Waals surface area (Å²) in [6.45, 7) is 0. The first-order chi connectivity index (χ1) is 14.9. The molecule has 2 heterocycles. The molecule has 31 heavy (non-hydrogen) atoms. The number of hydrogen-bond acceptors (Lipinski definition) is 9. The van der Waals surface area contributed by atoms with Crippen LogP contribution in [0.4, 0.5) is 0 Å². The number of fused-ring (bicyclic) bond motifs is 2. The van der Waals surface area contributed by atoms with Crippen LogP contribution in [0.2, 0.25) is 0 Å². The summed E-state index contributed by atoms with van der Waals surface area (Å²) in [5.74, 6) is -3.56. The van der Waals surface area contributed by atoms with Gasteiger partial charge in [-0.25, -0.2) is 0 Å². The highest BCUT2D eigenvalue weighted by molar-refractivity contribution is 8.02.